The molecule has 2 N–H and O–H groups in total. The van der Waals surface area contributed by atoms with Crippen LogP contribution in [0, 0.1) is 11.3 Å². The van der Waals surface area contributed by atoms with Crippen LogP contribution in [0.2, 0.25) is 0 Å². The lowest BCUT2D eigenvalue weighted by Crippen LogP contribution is -2.47. The minimum absolute atomic E-state index is 0.360. The van der Waals surface area contributed by atoms with Crippen molar-refractivity contribution in [1.82, 2.24) is 10.6 Å². The van der Waals surface area contributed by atoms with Crippen molar-refractivity contribution in [2.45, 2.75) is 53.0 Å². The summed E-state index contributed by atoms with van der Waals surface area (Å²) in [5, 5.41) is 7.29. The first-order chi connectivity index (χ1) is 7.04. The molecule has 0 spiro atoms. The maximum Gasteiger partial charge on any atom is 0.0240 e. The van der Waals surface area contributed by atoms with Gasteiger partial charge in [0.15, 0.2) is 0 Å². The maximum absolute atomic E-state index is 3.70. The molecule has 2 nitrogen and oxygen atoms in total. The molecule has 0 aromatic heterocycles. The SMILES string of the molecule is CCC1CCNCC(C(C)(C)C)NCC1. The van der Waals surface area contributed by atoms with Crippen molar-refractivity contribution in [1.29, 1.82) is 0 Å². The summed E-state index contributed by atoms with van der Waals surface area (Å²) in [4.78, 5) is 0. The van der Waals surface area contributed by atoms with Gasteiger partial charge < -0.3 is 10.6 Å². The number of rotatable bonds is 1. The Kier molecular flexibility index (Phi) is 5.07. The van der Waals surface area contributed by atoms with Crippen molar-refractivity contribution in [3.63, 3.8) is 0 Å². The Morgan fingerprint density at radius 3 is 2.40 bits per heavy atom. The van der Waals surface area contributed by atoms with E-state index in [1.54, 1.807) is 0 Å². The van der Waals surface area contributed by atoms with Gasteiger partial charge in [-0.3, -0.25) is 0 Å². The molecule has 2 unspecified atom stereocenters. The van der Waals surface area contributed by atoms with Gasteiger partial charge in [-0.25, -0.2) is 0 Å². The largest absolute Gasteiger partial charge is 0.315 e. The van der Waals surface area contributed by atoms with Crippen LogP contribution in [0.1, 0.15) is 47.0 Å². The summed E-state index contributed by atoms with van der Waals surface area (Å²) in [6.45, 7) is 12.8. The van der Waals surface area contributed by atoms with Crippen molar-refractivity contribution in [3.8, 4) is 0 Å². The van der Waals surface area contributed by atoms with Gasteiger partial charge in [-0.15, -0.1) is 0 Å². The van der Waals surface area contributed by atoms with Crippen LogP contribution in [0.4, 0.5) is 0 Å². The van der Waals surface area contributed by atoms with Crippen molar-refractivity contribution in [2.24, 2.45) is 11.3 Å². The van der Waals surface area contributed by atoms with Crippen LogP contribution in [0.3, 0.4) is 0 Å². The zero-order chi connectivity index (χ0) is 11.3. The summed E-state index contributed by atoms with van der Waals surface area (Å²) in [6, 6.07) is 0.605. The van der Waals surface area contributed by atoms with E-state index in [1.807, 2.05) is 0 Å². The molecule has 0 aromatic carbocycles. The van der Waals surface area contributed by atoms with Crippen molar-refractivity contribution >= 4 is 0 Å². The van der Waals surface area contributed by atoms with Crippen LogP contribution in [0.5, 0.6) is 0 Å². The van der Waals surface area contributed by atoms with Crippen LogP contribution < -0.4 is 10.6 Å². The van der Waals surface area contributed by atoms with Crippen molar-refractivity contribution in [2.75, 3.05) is 19.6 Å². The topological polar surface area (TPSA) is 24.1 Å². The predicted molar refractivity (Wildman–Crippen MR) is 67.1 cm³/mol. The molecule has 0 radical (unpaired) electrons. The van der Waals surface area contributed by atoms with Gasteiger partial charge in [0.25, 0.3) is 0 Å². The predicted octanol–water partition coefficient (Wildman–Crippen LogP) is 2.40. The van der Waals surface area contributed by atoms with Crippen LogP contribution in [0.25, 0.3) is 0 Å². The molecule has 0 bridgehead atoms. The van der Waals surface area contributed by atoms with Crippen LogP contribution in [0.15, 0.2) is 0 Å². The lowest BCUT2D eigenvalue weighted by molar-refractivity contribution is 0.262. The average Bonchev–Trinajstić information content (AvgIpc) is 2.27. The summed E-state index contributed by atoms with van der Waals surface area (Å²) < 4.78 is 0. The van der Waals surface area contributed by atoms with E-state index in [2.05, 4.69) is 38.3 Å². The molecule has 90 valence electrons. The van der Waals surface area contributed by atoms with Crippen molar-refractivity contribution < 1.29 is 0 Å². The van der Waals surface area contributed by atoms with Crippen LogP contribution in [-0.4, -0.2) is 25.7 Å². The first kappa shape index (κ1) is 13.0. The highest BCUT2D eigenvalue weighted by Gasteiger charge is 2.24. The van der Waals surface area contributed by atoms with Gasteiger partial charge in [0.1, 0.15) is 0 Å². The van der Waals surface area contributed by atoms with E-state index in [1.165, 1.54) is 32.4 Å². The summed E-state index contributed by atoms with van der Waals surface area (Å²) in [7, 11) is 0. The molecule has 0 aliphatic carbocycles. The first-order valence-electron chi connectivity index (χ1n) is 6.48. The van der Waals surface area contributed by atoms with Gasteiger partial charge >= 0.3 is 0 Å². The van der Waals surface area contributed by atoms with Gasteiger partial charge in [0.2, 0.25) is 0 Å². The molecular weight excluding hydrogens is 184 g/mol. The van der Waals surface area contributed by atoms with Crippen molar-refractivity contribution in [3.05, 3.63) is 0 Å². The molecule has 1 heterocycles. The fraction of sp³-hybridized carbons (Fsp3) is 1.00. The number of hydrogen-bond donors (Lipinski definition) is 2. The lowest BCUT2D eigenvalue weighted by atomic mass is 9.86. The fourth-order valence-corrected chi connectivity index (χ4v) is 2.25. The van der Waals surface area contributed by atoms with Crippen LogP contribution >= 0.6 is 0 Å². The maximum atomic E-state index is 3.70. The molecule has 1 aliphatic rings. The smallest absolute Gasteiger partial charge is 0.0240 e. The molecular formula is C13H28N2. The highest BCUT2D eigenvalue weighted by atomic mass is 15.0. The minimum Gasteiger partial charge on any atom is -0.315 e. The van der Waals surface area contributed by atoms with E-state index < -0.39 is 0 Å². The Labute approximate surface area is 95.2 Å². The van der Waals surface area contributed by atoms with E-state index in [4.69, 9.17) is 0 Å². The second kappa shape index (κ2) is 5.86. The molecule has 0 amide bonds. The third-order valence-electron chi connectivity index (χ3n) is 3.64. The lowest BCUT2D eigenvalue weighted by Gasteiger charge is -2.31. The molecule has 1 saturated heterocycles. The summed E-state index contributed by atoms with van der Waals surface area (Å²) in [6.07, 6.45) is 4.00. The van der Waals surface area contributed by atoms with Gasteiger partial charge in [-0.1, -0.05) is 34.1 Å². The highest BCUT2D eigenvalue weighted by molar-refractivity contribution is 4.83. The van der Waals surface area contributed by atoms with Crippen LogP contribution in [-0.2, 0) is 0 Å². The highest BCUT2D eigenvalue weighted by Crippen LogP contribution is 2.20. The van der Waals surface area contributed by atoms with Gasteiger partial charge in [-0.05, 0) is 37.3 Å². The summed E-state index contributed by atoms with van der Waals surface area (Å²) in [5.41, 5.74) is 0.360. The summed E-state index contributed by atoms with van der Waals surface area (Å²) >= 11 is 0. The Balaban J connectivity index is 2.45. The molecule has 0 aromatic rings. The number of hydrogen-bond acceptors (Lipinski definition) is 2. The van der Waals surface area contributed by atoms with E-state index >= 15 is 0 Å². The molecule has 2 atom stereocenters. The molecule has 1 rings (SSSR count). The Bertz CT molecular complexity index is 172. The monoisotopic (exact) mass is 212 g/mol. The Morgan fingerprint density at radius 1 is 1.13 bits per heavy atom. The summed E-state index contributed by atoms with van der Waals surface area (Å²) in [5.74, 6) is 0.906. The zero-order valence-corrected chi connectivity index (χ0v) is 10.9. The molecule has 15 heavy (non-hydrogen) atoms. The fourth-order valence-electron chi connectivity index (χ4n) is 2.25. The number of nitrogens with one attached hydrogen (secondary N) is 2. The van der Waals surface area contributed by atoms with Gasteiger partial charge in [-0.2, -0.15) is 0 Å². The van der Waals surface area contributed by atoms with E-state index in [-0.39, 0.29) is 0 Å². The van der Waals surface area contributed by atoms with E-state index in [0.717, 1.165) is 12.5 Å². The standard InChI is InChI=1S/C13H28N2/c1-5-11-6-8-14-10-12(13(2,3)4)15-9-7-11/h11-12,14-15H,5-10H2,1-4H3. The zero-order valence-electron chi connectivity index (χ0n) is 10.9. The Hall–Kier alpha value is -0.0800. The van der Waals surface area contributed by atoms with Gasteiger partial charge in [0.05, 0.1) is 0 Å². The normalized spacial score (nSPS) is 30.4. The molecule has 1 fully saturated rings. The molecule has 1 aliphatic heterocycles. The molecule has 0 saturated carbocycles. The second-order valence-corrected chi connectivity index (χ2v) is 5.93. The first-order valence-corrected chi connectivity index (χ1v) is 6.48. The quantitative estimate of drug-likeness (QED) is 0.697. The van der Waals surface area contributed by atoms with E-state index in [0.29, 0.717) is 11.5 Å². The second-order valence-electron chi connectivity index (χ2n) is 5.93. The van der Waals surface area contributed by atoms with Gasteiger partial charge in [0, 0.05) is 12.6 Å². The van der Waals surface area contributed by atoms with E-state index in [9.17, 15) is 0 Å². The Morgan fingerprint density at radius 2 is 1.80 bits per heavy atom. The third kappa shape index (κ3) is 4.52. The average molecular weight is 212 g/mol. The minimum atomic E-state index is 0.360. The third-order valence-corrected chi connectivity index (χ3v) is 3.64. The molecule has 2 heteroatoms.